The fourth-order valence-electron chi connectivity index (χ4n) is 4.32. The van der Waals surface area contributed by atoms with Crippen LogP contribution in [0.25, 0.3) is 6.08 Å². The maximum atomic E-state index is 13.1. The predicted octanol–water partition coefficient (Wildman–Crippen LogP) is 5.12. The first kappa shape index (κ1) is 28.8. The molecule has 3 aromatic carbocycles. The number of carbonyl (C=O) groups excluding carboxylic acids is 1. The Morgan fingerprint density at radius 1 is 1.13 bits per heavy atom. The molecule has 0 aromatic heterocycles. The lowest BCUT2D eigenvalue weighted by Gasteiger charge is -2.17. The molecule has 0 aliphatic heterocycles. The molecule has 3 aromatic rings. The SMILES string of the molecule is Cc1cc(/C=C/P(c2cccc(O)c2)C2CC2)cc(Cl)c1C(=O)NC(Cc1cccc(S(C)(=O)=O)c1)C(=O)O. The average molecular weight is 586 g/mol. The van der Waals surface area contributed by atoms with Gasteiger partial charge in [0.25, 0.3) is 5.91 Å². The van der Waals surface area contributed by atoms with E-state index in [0.717, 1.165) is 30.0 Å². The monoisotopic (exact) mass is 585 g/mol. The number of phenols is 1. The molecule has 1 aliphatic carbocycles. The molecule has 2 atom stereocenters. The maximum absolute atomic E-state index is 13.1. The van der Waals surface area contributed by atoms with Crippen molar-refractivity contribution in [2.45, 2.75) is 42.8 Å². The molecular formula is C29H29ClNO6PS. The first-order valence-electron chi connectivity index (χ1n) is 12.3. The van der Waals surface area contributed by atoms with Crippen LogP contribution in [0, 0.1) is 6.92 Å². The number of phenolic OH excluding ortho intramolecular Hbond substituents is 1. The summed E-state index contributed by atoms with van der Waals surface area (Å²) in [5.41, 5.74) is 2.63. The number of benzene rings is 3. The van der Waals surface area contributed by atoms with Gasteiger partial charge in [-0.15, -0.1) is 0 Å². The fraction of sp³-hybridized carbons (Fsp3) is 0.241. The van der Waals surface area contributed by atoms with E-state index in [1.54, 1.807) is 31.2 Å². The van der Waals surface area contributed by atoms with E-state index in [2.05, 4.69) is 11.1 Å². The Bertz CT molecular complexity index is 1530. The number of hydrogen-bond acceptors (Lipinski definition) is 5. The summed E-state index contributed by atoms with van der Waals surface area (Å²) in [7, 11) is -4.06. The second-order valence-corrected chi connectivity index (χ2v) is 14.4. The number of aromatic hydroxyl groups is 1. The van der Waals surface area contributed by atoms with Crippen molar-refractivity contribution in [3.8, 4) is 5.75 Å². The highest BCUT2D eigenvalue weighted by atomic mass is 35.5. The highest BCUT2D eigenvalue weighted by molar-refractivity contribution is 7.90. The van der Waals surface area contributed by atoms with Crippen molar-refractivity contribution in [3.63, 3.8) is 0 Å². The smallest absolute Gasteiger partial charge is 0.326 e. The average Bonchev–Trinajstić information content (AvgIpc) is 3.68. The summed E-state index contributed by atoms with van der Waals surface area (Å²) in [5.74, 6) is 0.519. The van der Waals surface area contributed by atoms with Gasteiger partial charge in [-0.3, -0.25) is 4.79 Å². The Balaban J connectivity index is 1.52. The summed E-state index contributed by atoms with van der Waals surface area (Å²) >= 11 is 6.52. The molecule has 0 bridgehead atoms. The molecule has 0 heterocycles. The molecular weight excluding hydrogens is 557 g/mol. The van der Waals surface area contributed by atoms with Gasteiger partial charge in [-0.25, -0.2) is 13.2 Å². The largest absolute Gasteiger partial charge is 0.508 e. The molecule has 2 unspecified atom stereocenters. The minimum absolute atomic E-state index is 0.0763. The highest BCUT2D eigenvalue weighted by Crippen LogP contribution is 2.54. The van der Waals surface area contributed by atoms with E-state index in [9.17, 15) is 28.2 Å². The molecule has 0 saturated heterocycles. The standard InChI is InChI=1S/C29H29ClNO6PS/c1-18-13-20(11-12-38(22-9-10-22)23-7-4-6-21(32)17-23)15-25(30)27(18)28(33)31-26(29(34)35)16-19-5-3-8-24(14-19)39(2,36)37/h3-8,11-15,17,22,26,32H,9-10,16H2,1-2H3,(H,31,33)(H,34,35)/b12-11+. The molecule has 4 rings (SSSR count). The Hall–Kier alpha value is -3.19. The van der Waals surface area contributed by atoms with Crippen LogP contribution >= 0.6 is 19.5 Å². The Labute approximate surface area is 234 Å². The lowest BCUT2D eigenvalue weighted by Crippen LogP contribution is -2.42. The minimum Gasteiger partial charge on any atom is -0.508 e. The van der Waals surface area contributed by atoms with E-state index in [1.807, 2.05) is 24.3 Å². The number of amides is 1. The molecule has 1 fully saturated rings. The second kappa shape index (κ2) is 11.9. The number of aliphatic carboxylic acids is 1. The zero-order chi connectivity index (χ0) is 28.3. The summed E-state index contributed by atoms with van der Waals surface area (Å²) in [5, 5.41) is 23.5. The molecule has 1 amide bonds. The van der Waals surface area contributed by atoms with Crippen LogP contribution in [-0.2, 0) is 21.1 Å². The molecule has 204 valence electrons. The van der Waals surface area contributed by atoms with Crippen LogP contribution in [0.4, 0.5) is 0 Å². The van der Waals surface area contributed by atoms with Crippen LogP contribution in [0.5, 0.6) is 5.75 Å². The van der Waals surface area contributed by atoms with E-state index in [1.165, 1.54) is 18.2 Å². The first-order chi connectivity index (χ1) is 18.4. The lowest BCUT2D eigenvalue weighted by molar-refractivity contribution is -0.139. The third kappa shape index (κ3) is 7.47. The molecule has 0 spiro atoms. The zero-order valence-corrected chi connectivity index (χ0v) is 23.9. The molecule has 39 heavy (non-hydrogen) atoms. The summed E-state index contributed by atoms with van der Waals surface area (Å²) in [6.07, 6.45) is 5.25. The van der Waals surface area contributed by atoms with Gasteiger partial charge < -0.3 is 15.5 Å². The summed E-state index contributed by atoms with van der Waals surface area (Å²) < 4.78 is 23.7. The van der Waals surface area contributed by atoms with Crippen LogP contribution < -0.4 is 10.6 Å². The van der Waals surface area contributed by atoms with Crippen molar-refractivity contribution in [3.05, 3.63) is 93.8 Å². The van der Waals surface area contributed by atoms with Gasteiger partial charge in [-0.05, 0) is 85.7 Å². The van der Waals surface area contributed by atoms with Gasteiger partial charge in [-0.1, -0.05) is 53.8 Å². The van der Waals surface area contributed by atoms with Crippen LogP contribution in [0.1, 0.15) is 39.9 Å². The van der Waals surface area contributed by atoms with E-state index in [0.29, 0.717) is 16.8 Å². The lowest BCUT2D eigenvalue weighted by atomic mass is 10.0. The zero-order valence-electron chi connectivity index (χ0n) is 21.5. The van der Waals surface area contributed by atoms with Crippen LogP contribution in [0.3, 0.4) is 0 Å². The van der Waals surface area contributed by atoms with Crippen LogP contribution in [-0.4, -0.2) is 48.5 Å². The molecule has 3 N–H and O–H groups in total. The Morgan fingerprint density at radius 3 is 2.46 bits per heavy atom. The summed E-state index contributed by atoms with van der Waals surface area (Å²) in [4.78, 5) is 25.1. The number of hydrogen-bond donors (Lipinski definition) is 3. The molecule has 7 nitrogen and oxygen atoms in total. The number of sulfone groups is 1. The second-order valence-electron chi connectivity index (χ2n) is 9.66. The number of rotatable bonds is 10. The van der Waals surface area contributed by atoms with Crippen molar-refractivity contribution in [2.24, 2.45) is 0 Å². The molecule has 10 heteroatoms. The Morgan fingerprint density at radius 2 is 1.85 bits per heavy atom. The number of carboxylic acids is 1. The van der Waals surface area contributed by atoms with Crippen LogP contribution in [0.15, 0.2) is 71.4 Å². The fourth-order valence-corrected chi connectivity index (χ4v) is 7.78. The van der Waals surface area contributed by atoms with Gasteiger partial charge in [0.05, 0.1) is 15.5 Å². The van der Waals surface area contributed by atoms with Crippen molar-refractivity contribution in [1.29, 1.82) is 0 Å². The van der Waals surface area contributed by atoms with Crippen molar-refractivity contribution < 1.29 is 28.2 Å². The summed E-state index contributed by atoms with van der Waals surface area (Å²) in [6, 6.07) is 15.5. The van der Waals surface area contributed by atoms with E-state index >= 15 is 0 Å². The molecule has 1 saturated carbocycles. The third-order valence-corrected chi connectivity index (χ3v) is 10.5. The number of halogens is 1. The maximum Gasteiger partial charge on any atom is 0.326 e. The van der Waals surface area contributed by atoms with Gasteiger partial charge in [-0.2, -0.15) is 0 Å². The number of carbonyl (C=O) groups is 2. The van der Waals surface area contributed by atoms with Gasteiger partial charge in [0.2, 0.25) is 0 Å². The minimum atomic E-state index is -3.46. The van der Waals surface area contributed by atoms with Gasteiger partial charge in [0, 0.05) is 12.7 Å². The quantitative estimate of drug-likeness (QED) is 0.284. The van der Waals surface area contributed by atoms with Crippen molar-refractivity contribution in [1.82, 2.24) is 5.32 Å². The van der Waals surface area contributed by atoms with E-state index < -0.39 is 35.7 Å². The van der Waals surface area contributed by atoms with Crippen LogP contribution in [0.2, 0.25) is 5.02 Å². The topological polar surface area (TPSA) is 121 Å². The first-order valence-corrected chi connectivity index (χ1v) is 16.1. The van der Waals surface area contributed by atoms with Gasteiger partial charge in [0.1, 0.15) is 11.8 Å². The number of aryl methyl sites for hydroxylation is 1. The van der Waals surface area contributed by atoms with E-state index in [4.69, 9.17) is 11.6 Å². The summed E-state index contributed by atoms with van der Waals surface area (Å²) in [6.45, 7) is 1.74. The van der Waals surface area contributed by atoms with Crippen molar-refractivity contribution >= 4 is 52.6 Å². The molecule has 1 aliphatic rings. The number of carboxylic acid groups (broad SMARTS) is 1. The van der Waals surface area contributed by atoms with E-state index in [-0.39, 0.29) is 27.7 Å². The Kier molecular flexibility index (Phi) is 8.80. The van der Waals surface area contributed by atoms with Gasteiger partial charge in [0.15, 0.2) is 9.84 Å². The molecule has 0 radical (unpaired) electrons. The third-order valence-electron chi connectivity index (χ3n) is 6.40. The van der Waals surface area contributed by atoms with Gasteiger partial charge >= 0.3 is 5.97 Å². The predicted molar refractivity (Wildman–Crippen MR) is 155 cm³/mol. The normalized spacial score (nSPS) is 15.2. The number of nitrogens with one attached hydrogen (secondary N) is 1. The van der Waals surface area contributed by atoms with Crippen molar-refractivity contribution in [2.75, 3.05) is 6.26 Å². The highest BCUT2D eigenvalue weighted by Gasteiger charge is 2.30.